The van der Waals surface area contributed by atoms with Crippen molar-refractivity contribution < 1.29 is 4.79 Å². The molecule has 0 atom stereocenters. The van der Waals surface area contributed by atoms with E-state index in [1.165, 1.54) is 43.4 Å². The first-order valence-electron chi connectivity index (χ1n) is 7.38. The smallest absolute Gasteiger partial charge is 0.226 e. The Balaban J connectivity index is 2.22. The second-order valence-electron chi connectivity index (χ2n) is 4.82. The average molecular weight is 283 g/mol. The molecule has 1 N–H and O–H groups in total. The molecule has 19 heavy (non-hydrogen) atoms. The van der Waals surface area contributed by atoms with Crippen LogP contribution in [0.2, 0.25) is 0 Å². The molecule has 0 radical (unpaired) electrons. The number of nitrogens with one attached hydrogen (secondary N) is 1. The van der Waals surface area contributed by atoms with Crippen LogP contribution >= 0.6 is 11.3 Å². The van der Waals surface area contributed by atoms with Gasteiger partial charge in [0.05, 0.1) is 0 Å². The summed E-state index contributed by atoms with van der Waals surface area (Å²) >= 11 is 1.50. The minimum Gasteiger partial charge on any atom is -0.301 e. The fourth-order valence-corrected chi connectivity index (χ4v) is 2.60. The number of amides is 1. The largest absolute Gasteiger partial charge is 0.301 e. The number of hydrogen-bond donors (Lipinski definition) is 1. The van der Waals surface area contributed by atoms with E-state index in [1.807, 2.05) is 0 Å². The van der Waals surface area contributed by atoms with Crippen molar-refractivity contribution in [3.63, 3.8) is 0 Å². The highest BCUT2D eigenvalue weighted by molar-refractivity contribution is 7.15. The van der Waals surface area contributed by atoms with Crippen LogP contribution in [-0.4, -0.2) is 16.1 Å². The number of nitrogens with zero attached hydrogens (tertiary/aromatic N) is 2. The zero-order valence-electron chi connectivity index (χ0n) is 12.1. The number of anilines is 1. The first-order chi connectivity index (χ1) is 9.26. The summed E-state index contributed by atoms with van der Waals surface area (Å²) in [5, 5.41) is 12.6. The van der Waals surface area contributed by atoms with Gasteiger partial charge in [-0.15, -0.1) is 10.2 Å². The quantitative estimate of drug-likeness (QED) is 0.655. The predicted octanol–water partition coefficient (Wildman–Crippen LogP) is 4.18. The molecule has 0 unspecified atom stereocenters. The van der Waals surface area contributed by atoms with Crippen LogP contribution in [0.15, 0.2) is 0 Å². The van der Waals surface area contributed by atoms with Gasteiger partial charge in [0.15, 0.2) is 0 Å². The van der Waals surface area contributed by atoms with Crippen LogP contribution in [0.4, 0.5) is 5.13 Å². The van der Waals surface area contributed by atoms with Crippen molar-refractivity contribution in [2.45, 2.75) is 71.6 Å². The van der Waals surface area contributed by atoms with Crippen LogP contribution in [0.25, 0.3) is 0 Å². The third kappa shape index (κ3) is 7.25. The molecular formula is C14H25N3OS. The fourth-order valence-electron chi connectivity index (χ4n) is 1.80. The van der Waals surface area contributed by atoms with Crippen LogP contribution < -0.4 is 5.32 Å². The third-order valence-corrected chi connectivity index (χ3v) is 3.86. The van der Waals surface area contributed by atoms with Crippen molar-refractivity contribution in [1.82, 2.24) is 10.2 Å². The molecule has 0 bridgehead atoms. The van der Waals surface area contributed by atoms with Crippen molar-refractivity contribution in [3.05, 3.63) is 5.01 Å². The van der Waals surface area contributed by atoms with Gasteiger partial charge in [0.2, 0.25) is 11.0 Å². The predicted molar refractivity (Wildman–Crippen MR) is 80.5 cm³/mol. The Morgan fingerprint density at radius 2 is 1.79 bits per heavy atom. The second-order valence-corrected chi connectivity index (χ2v) is 5.88. The SMILES string of the molecule is CCCCCCCc1nnc(NC(=O)CCCC)s1. The van der Waals surface area contributed by atoms with Crippen LogP contribution in [0, 0.1) is 0 Å². The Labute approximate surface area is 120 Å². The Kier molecular flexibility index (Phi) is 8.38. The summed E-state index contributed by atoms with van der Waals surface area (Å²) in [5.41, 5.74) is 0. The van der Waals surface area contributed by atoms with Gasteiger partial charge in [-0.1, -0.05) is 57.3 Å². The molecule has 1 rings (SSSR count). The number of aromatic nitrogens is 2. The molecule has 0 aliphatic rings. The first-order valence-corrected chi connectivity index (χ1v) is 8.20. The van der Waals surface area contributed by atoms with Gasteiger partial charge in [-0.05, 0) is 12.8 Å². The topological polar surface area (TPSA) is 54.9 Å². The lowest BCUT2D eigenvalue weighted by Crippen LogP contribution is -2.10. The maximum absolute atomic E-state index is 11.5. The Bertz CT molecular complexity index is 365. The molecule has 1 aromatic rings. The Morgan fingerprint density at radius 1 is 1.05 bits per heavy atom. The summed E-state index contributed by atoms with van der Waals surface area (Å²) in [5.74, 6) is 0.0486. The van der Waals surface area contributed by atoms with E-state index in [-0.39, 0.29) is 5.91 Å². The van der Waals surface area contributed by atoms with Gasteiger partial charge in [-0.25, -0.2) is 0 Å². The molecule has 5 heteroatoms. The van der Waals surface area contributed by atoms with Gasteiger partial charge < -0.3 is 5.32 Å². The van der Waals surface area contributed by atoms with Crippen molar-refractivity contribution in [2.24, 2.45) is 0 Å². The van der Waals surface area contributed by atoms with Crippen LogP contribution in [-0.2, 0) is 11.2 Å². The highest BCUT2D eigenvalue weighted by Crippen LogP contribution is 2.18. The zero-order chi connectivity index (χ0) is 13.9. The number of rotatable bonds is 10. The van der Waals surface area contributed by atoms with Crippen molar-refractivity contribution in [1.29, 1.82) is 0 Å². The van der Waals surface area contributed by atoms with E-state index in [0.717, 1.165) is 24.3 Å². The van der Waals surface area contributed by atoms with Gasteiger partial charge in [0.25, 0.3) is 0 Å². The molecule has 0 aromatic carbocycles. The van der Waals surface area contributed by atoms with Crippen molar-refractivity contribution in [3.8, 4) is 0 Å². The van der Waals surface area contributed by atoms with Crippen LogP contribution in [0.3, 0.4) is 0 Å². The summed E-state index contributed by atoms with van der Waals surface area (Å²) in [6.45, 7) is 4.30. The summed E-state index contributed by atoms with van der Waals surface area (Å²) in [7, 11) is 0. The summed E-state index contributed by atoms with van der Waals surface area (Å²) in [6, 6.07) is 0. The minimum absolute atomic E-state index is 0.0486. The first kappa shape index (κ1) is 16.1. The lowest BCUT2D eigenvalue weighted by atomic mass is 10.1. The average Bonchev–Trinajstić information content (AvgIpc) is 2.83. The summed E-state index contributed by atoms with van der Waals surface area (Å²) < 4.78 is 0. The molecule has 4 nitrogen and oxygen atoms in total. The lowest BCUT2D eigenvalue weighted by molar-refractivity contribution is -0.116. The molecule has 1 aromatic heterocycles. The molecule has 0 saturated heterocycles. The molecule has 0 saturated carbocycles. The van der Waals surface area contributed by atoms with E-state index >= 15 is 0 Å². The van der Waals surface area contributed by atoms with Crippen molar-refractivity contribution >= 4 is 22.4 Å². The van der Waals surface area contributed by atoms with E-state index in [4.69, 9.17) is 0 Å². The third-order valence-electron chi connectivity index (χ3n) is 2.96. The minimum atomic E-state index is 0.0486. The van der Waals surface area contributed by atoms with Crippen molar-refractivity contribution in [2.75, 3.05) is 5.32 Å². The highest BCUT2D eigenvalue weighted by Gasteiger charge is 2.07. The van der Waals surface area contributed by atoms with Crippen LogP contribution in [0.5, 0.6) is 0 Å². The molecular weight excluding hydrogens is 258 g/mol. The molecule has 1 amide bonds. The molecule has 0 spiro atoms. The zero-order valence-corrected chi connectivity index (χ0v) is 12.9. The fraction of sp³-hybridized carbons (Fsp3) is 0.786. The number of unbranched alkanes of at least 4 members (excludes halogenated alkanes) is 5. The van der Waals surface area contributed by atoms with Gasteiger partial charge in [0.1, 0.15) is 5.01 Å². The Morgan fingerprint density at radius 3 is 2.53 bits per heavy atom. The second kappa shape index (κ2) is 9.89. The van der Waals surface area contributed by atoms with Gasteiger partial charge >= 0.3 is 0 Å². The molecule has 108 valence electrons. The maximum atomic E-state index is 11.5. The van der Waals surface area contributed by atoms with Gasteiger partial charge in [-0.2, -0.15) is 0 Å². The normalized spacial score (nSPS) is 10.6. The number of carbonyl (C=O) groups excluding carboxylic acids is 1. The molecule has 0 aliphatic carbocycles. The van der Waals surface area contributed by atoms with E-state index in [2.05, 4.69) is 29.4 Å². The monoisotopic (exact) mass is 283 g/mol. The number of hydrogen-bond acceptors (Lipinski definition) is 4. The summed E-state index contributed by atoms with van der Waals surface area (Å²) in [6.07, 6.45) is 9.82. The highest BCUT2D eigenvalue weighted by atomic mass is 32.1. The Hall–Kier alpha value is -0.970. The van der Waals surface area contributed by atoms with Gasteiger partial charge in [-0.3, -0.25) is 4.79 Å². The van der Waals surface area contributed by atoms with Gasteiger partial charge in [0, 0.05) is 12.8 Å². The maximum Gasteiger partial charge on any atom is 0.226 e. The molecule has 1 heterocycles. The van der Waals surface area contributed by atoms with E-state index < -0.39 is 0 Å². The summed E-state index contributed by atoms with van der Waals surface area (Å²) in [4.78, 5) is 11.5. The number of carbonyl (C=O) groups is 1. The molecule has 0 fully saturated rings. The molecule has 0 aliphatic heterocycles. The standard InChI is InChI=1S/C14H25N3OS/c1-3-5-7-8-9-11-13-16-17-14(19-13)15-12(18)10-6-4-2/h3-11H2,1-2H3,(H,15,17,18). The number of aryl methyl sites for hydroxylation is 1. The van der Waals surface area contributed by atoms with E-state index in [1.54, 1.807) is 0 Å². The lowest BCUT2D eigenvalue weighted by Gasteiger charge is -1.98. The van der Waals surface area contributed by atoms with E-state index in [0.29, 0.717) is 11.6 Å². The van der Waals surface area contributed by atoms with Crippen LogP contribution in [0.1, 0.15) is 70.2 Å². The van der Waals surface area contributed by atoms with E-state index in [9.17, 15) is 4.79 Å².